The maximum Gasteiger partial charge on any atom is 0.168 e. The van der Waals surface area contributed by atoms with Crippen LogP contribution in [-0.4, -0.2) is 33.1 Å². The van der Waals surface area contributed by atoms with E-state index in [9.17, 15) is 12.8 Å². The van der Waals surface area contributed by atoms with E-state index in [2.05, 4.69) is 5.43 Å². The molecule has 0 spiro atoms. The van der Waals surface area contributed by atoms with Gasteiger partial charge in [-0.3, -0.25) is 11.3 Å². The lowest BCUT2D eigenvalue weighted by atomic mass is 9.93. The van der Waals surface area contributed by atoms with E-state index >= 15 is 0 Å². The smallest absolute Gasteiger partial charge is 0.168 e. The number of methoxy groups -OCH3 is 1. The highest BCUT2D eigenvalue weighted by atomic mass is 32.2. The Hall–Kier alpha value is -1.18. The van der Waals surface area contributed by atoms with Crippen molar-refractivity contribution in [1.29, 1.82) is 0 Å². The van der Waals surface area contributed by atoms with E-state index in [1.54, 1.807) is 18.2 Å². The number of halogens is 1. The van der Waals surface area contributed by atoms with Gasteiger partial charge in [0, 0.05) is 6.04 Å². The molecule has 1 saturated heterocycles. The van der Waals surface area contributed by atoms with Crippen molar-refractivity contribution in [3.8, 4) is 5.75 Å². The molecule has 5 nitrogen and oxygen atoms in total. The zero-order chi connectivity index (χ0) is 14.8. The second-order valence-corrected chi connectivity index (χ2v) is 7.30. The lowest BCUT2D eigenvalue weighted by molar-refractivity contribution is 0.366. The van der Waals surface area contributed by atoms with Crippen LogP contribution in [0.25, 0.3) is 0 Å². The molecule has 0 saturated carbocycles. The van der Waals surface area contributed by atoms with E-state index < -0.39 is 15.7 Å². The van der Waals surface area contributed by atoms with Crippen molar-refractivity contribution in [2.24, 2.45) is 11.8 Å². The summed E-state index contributed by atoms with van der Waals surface area (Å²) in [6.07, 6.45) is 0.891. The van der Waals surface area contributed by atoms with Gasteiger partial charge in [0.05, 0.1) is 18.6 Å². The SMILES string of the molecule is COc1cccc(CC(NN)C2CCS(=O)(=O)C2)c1F. The third-order valence-electron chi connectivity index (χ3n) is 3.75. The first-order valence-corrected chi connectivity index (χ1v) is 8.27. The maximum absolute atomic E-state index is 14.1. The minimum Gasteiger partial charge on any atom is -0.494 e. The van der Waals surface area contributed by atoms with Crippen LogP contribution in [0.2, 0.25) is 0 Å². The van der Waals surface area contributed by atoms with Gasteiger partial charge in [0.2, 0.25) is 0 Å². The fourth-order valence-electron chi connectivity index (χ4n) is 2.61. The van der Waals surface area contributed by atoms with Crippen molar-refractivity contribution in [3.05, 3.63) is 29.6 Å². The molecule has 1 fully saturated rings. The Balaban J connectivity index is 2.15. The van der Waals surface area contributed by atoms with E-state index in [0.29, 0.717) is 18.4 Å². The molecular weight excluding hydrogens is 283 g/mol. The number of sulfone groups is 1. The summed E-state index contributed by atoms with van der Waals surface area (Å²) in [7, 11) is -1.57. The second kappa shape index (κ2) is 6.07. The molecule has 1 aromatic carbocycles. The number of nitrogens with two attached hydrogens (primary N) is 1. The third-order valence-corrected chi connectivity index (χ3v) is 5.55. The van der Waals surface area contributed by atoms with Gasteiger partial charge < -0.3 is 4.74 Å². The van der Waals surface area contributed by atoms with Crippen molar-refractivity contribution in [2.75, 3.05) is 18.6 Å². The van der Waals surface area contributed by atoms with Crippen LogP contribution in [0.15, 0.2) is 18.2 Å². The molecule has 1 aliphatic heterocycles. The average molecular weight is 302 g/mol. The van der Waals surface area contributed by atoms with Gasteiger partial charge in [0.15, 0.2) is 21.4 Å². The molecule has 0 amide bonds. The van der Waals surface area contributed by atoms with Crippen LogP contribution in [0.5, 0.6) is 5.75 Å². The monoisotopic (exact) mass is 302 g/mol. The van der Waals surface area contributed by atoms with Gasteiger partial charge in [-0.2, -0.15) is 0 Å². The minimum atomic E-state index is -2.98. The molecule has 0 bridgehead atoms. The highest BCUT2D eigenvalue weighted by Crippen LogP contribution is 2.26. The van der Waals surface area contributed by atoms with E-state index in [1.807, 2.05) is 0 Å². The lowest BCUT2D eigenvalue weighted by Crippen LogP contribution is -2.43. The molecule has 7 heteroatoms. The largest absolute Gasteiger partial charge is 0.494 e. The van der Waals surface area contributed by atoms with Gasteiger partial charge in [-0.05, 0) is 30.4 Å². The van der Waals surface area contributed by atoms with Crippen LogP contribution in [0, 0.1) is 11.7 Å². The van der Waals surface area contributed by atoms with Crippen LogP contribution >= 0.6 is 0 Å². The first kappa shape index (κ1) is 15.2. The summed E-state index contributed by atoms with van der Waals surface area (Å²) in [5.74, 6) is 5.46. The Bertz CT molecular complexity index is 577. The van der Waals surface area contributed by atoms with Crippen LogP contribution < -0.4 is 16.0 Å². The van der Waals surface area contributed by atoms with Gasteiger partial charge in [-0.25, -0.2) is 12.8 Å². The molecule has 2 unspecified atom stereocenters. The number of hydrogen-bond acceptors (Lipinski definition) is 5. The molecule has 20 heavy (non-hydrogen) atoms. The first-order valence-electron chi connectivity index (χ1n) is 6.45. The van der Waals surface area contributed by atoms with Crippen LogP contribution in [0.4, 0.5) is 4.39 Å². The Labute approximate surface area is 118 Å². The predicted octanol–water partition coefficient (Wildman–Crippen LogP) is 0.643. The van der Waals surface area contributed by atoms with Crippen LogP contribution in [0.3, 0.4) is 0 Å². The second-order valence-electron chi connectivity index (χ2n) is 5.07. The molecule has 0 aliphatic carbocycles. The Morgan fingerprint density at radius 3 is 2.85 bits per heavy atom. The minimum absolute atomic E-state index is 0.0874. The normalized spacial score (nSPS) is 22.6. The molecule has 0 aromatic heterocycles. The zero-order valence-electron chi connectivity index (χ0n) is 11.3. The Morgan fingerprint density at radius 2 is 2.30 bits per heavy atom. The first-order chi connectivity index (χ1) is 9.46. The van der Waals surface area contributed by atoms with Gasteiger partial charge in [0.25, 0.3) is 0 Å². The highest BCUT2D eigenvalue weighted by Gasteiger charge is 2.33. The Morgan fingerprint density at radius 1 is 1.55 bits per heavy atom. The van der Waals surface area contributed by atoms with Gasteiger partial charge in [-0.1, -0.05) is 12.1 Å². The van der Waals surface area contributed by atoms with E-state index in [1.165, 1.54) is 7.11 Å². The molecule has 2 rings (SSSR count). The predicted molar refractivity (Wildman–Crippen MR) is 74.5 cm³/mol. The fourth-order valence-corrected chi connectivity index (χ4v) is 4.49. The molecule has 1 aliphatic rings. The summed E-state index contributed by atoms with van der Waals surface area (Å²) in [6, 6.07) is 4.64. The average Bonchev–Trinajstić information content (AvgIpc) is 2.78. The zero-order valence-corrected chi connectivity index (χ0v) is 12.1. The fraction of sp³-hybridized carbons (Fsp3) is 0.538. The third kappa shape index (κ3) is 3.28. The standard InChI is InChI=1S/C13H19FN2O3S/c1-19-12-4-2-3-9(13(12)14)7-11(16-15)10-5-6-20(17,18)8-10/h2-4,10-11,16H,5-8,15H2,1H3. The van der Waals surface area contributed by atoms with Crippen molar-refractivity contribution in [3.63, 3.8) is 0 Å². The molecular formula is C13H19FN2O3S. The van der Waals surface area contributed by atoms with Crippen LogP contribution in [0.1, 0.15) is 12.0 Å². The maximum atomic E-state index is 14.1. The number of rotatable bonds is 5. The van der Waals surface area contributed by atoms with Gasteiger partial charge in [-0.15, -0.1) is 0 Å². The number of hydrogen-bond donors (Lipinski definition) is 2. The molecule has 112 valence electrons. The molecule has 2 atom stereocenters. The number of benzene rings is 1. The lowest BCUT2D eigenvalue weighted by Gasteiger charge is -2.22. The van der Waals surface area contributed by atoms with Crippen molar-refractivity contribution < 1.29 is 17.5 Å². The topological polar surface area (TPSA) is 81.4 Å². The summed E-state index contributed by atoms with van der Waals surface area (Å²) < 4.78 is 42.1. The number of ether oxygens (including phenoxy) is 1. The molecule has 0 radical (unpaired) electrons. The van der Waals surface area contributed by atoms with Crippen molar-refractivity contribution in [1.82, 2.24) is 5.43 Å². The molecule has 1 heterocycles. The van der Waals surface area contributed by atoms with Crippen molar-refractivity contribution >= 4 is 9.84 Å². The highest BCUT2D eigenvalue weighted by molar-refractivity contribution is 7.91. The van der Waals surface area contributed by atoms with Gasteiger partial charge in [0.1, 0.15) is 0 Å². The summed E-state index contributed by atoms with van der Waals surface area (Å²) in [6.45, 7) is 0. The molecule has 3 N–H and O–H groups in total. The van der Waals surface area contributed by atoms with E-state index in [-0.39, 0.29) is 29.2 Å². The summed E-state index contributed by atoms with van der Waals surface area (Å²) in [5, 5.41) is 0. The quantitative estimate of drug-likeness (QED) is 0.616. The summed E-state index contributed by atoms with van der Waals surface area (Å²) in [5.41, 5.74) is 3.09. The van der Waals surface area contributed by atoms with Crippen LogP contribution in [-0.2, 0) is 16.3 Å². The molecule has 1 aromatic rings. The summed E-state index contributed by atoms with van der Waals surface area (Å²) >= 11 is 0. The number of nitrogens with one attached hydrogen (secondary N) is 1. The van der Waals surface area contributed by atoms with E-state index in [4.69, 9.17) is 10.6 Å². The number of hydrazine groups is 1. The summed E-state index contributed by atoms with van der Waals surface area (Å²) in [4.78, 5) is 0. The van der Waals surface area contributed by atoms with E-state index in [0.717, 1.165) is 0 Å². The Kier molecular flexibility index (Phi) is 4.62. The van der Waals surface area contributed by atoms with Gasteiger partial charge >= 0.3 is 0 Å². The van der Waals surface area contributed by atoms with Crippen molar-refractivity contribution in [2.45, 2.75) is 18.9 Å².